The van der Waals surface area contributed by atoms with E-state index in [1.807, 2.05) is 36.0 Å². The summed E-state index contributed by atoms with van der Waals surface area (Å²) in [5.41, 5.74) is 3.49. The summed E-state index contributed by atoms with van der Waals surface area (Å²) in [4.78, 5) is 15.5. The molecule has 0 bridgehead atoms. The first-order valence-electron chi connectivity index (χ1n) is 7.02. The topological polar surface area (TPSA) is 78.7 Å². The van der Waals surface area contributed by atoms with Crippen LogP contribution in [0.25, 0.3) is 6.08 Å². The molecule has 6 heteroatoms. The van der Waals surface area contributed by atoms with Crippen LogP contribution in [-0.4, -0.2) is 29.3 Å². The highest BCUT2D eigenvalue weighted by Gasteiger charge is 1.97. The van der Waals surface area contributed by atoms with Crippen LogP contribution >= 0.6 is 0 Å². The summed E-state index contributed by atoms with van der Waals surface area (Å²) in [6, 6.07) is 3.92. The van der Waals surface area contributed by atoms with Crippen molar-refractivity contribution in [3.8, 4) is 0 Å². The number of rotatable bonds is 7. The molecule has 0 saturated heterocycles. The van der Waals surface area contributed by atoms with Gasteiger partial charge in [-0.2, -0.15) is 0 Å². The number of aromatic nitrogens is 1. The Labute approximate surface area is 125 Å². The average molecular weight is 292 g/mol. The molecule has 1 rings (SSSR count). The average Bonchev–Trinajstić information content (AvgIpc) is 2.46. The molecule has 0 aromatic carbocycles. The number of amides is 1. The predicted octanol–water partition coefficient (Wildman–Crippen LogP) is 1.13. The lowest BCUT2D eigenvalue weighted by atomic mass is 10.2. The van der Waals surface area contributed by atoms with Gasteiger partial charge in [-0.05, 0) is 30.7 Å². The van der Waals surface area contributed by atoms with Gasteiger partial charge in [0.05, 0.1) is 6.67 Å². The van der Waals surface area contributed by atoms with Crippen LogP contribution in [-0.2, 0) is 11.5 Å². The van der Waals surface area contributed by atoms with Gasteiger partial charge in [0.25, 0.3) is 0 Å². The van der Waals surface area contributed by atoms with E-state index in [0.717, 1.165) is 17.6 Å². The van der Waals surface area contributed by atoms with Gasteiger partial charge in [0.2, 0.25) is 5.91 Å². The largest absolute Gasteiger partial charge is 0.319 e. The van der Waals surface area contributed by atoms with Crippen molar-refractivity contribution in [3.63, 3.8) is 0 Å². The van der Waals surface area contributed by atoms with Crippen LogP contribution in [0.4, 0.5) is 0 Å². The van der Waals surface area contributed by atoms with Gasteiger partial charge >= 0.3 is 0 Å². The van der Waals surface area contributed by atoms with Gasteiger partial charge in [0.1, 0.15) is 5.49 Å². The molecule has 0 aliphatic carbocycles. The normalized spacial score (nSPS) is 12.3. The van der Waals surface area contributed by atoms with E-state index in [1.54, 1.807) is 11.6 Å². The smallest absolute Gasteiger partial charge is 0.247 e. The zero-order valence-electron chi connectivity index (χ0n) is 12.8. The SMILES string of the molecule is CNCn1cc(/C=C/CC(=O)NO)ccc1=NCC(C)C. The van der Waals surface area contributed by atoms with Gasteiger partial charge in [0.15, 0.2) is 0 Å². The van der Waals surface area contributed by atoms with Gasteiger partial charge < -0.3 is 9.88 Å². The van der Waals surface area contributed by atoms with Crippen molar-refractivity contribution in [3.05, 3.63) is 35.5 Å². The fraction of sp³-hybridized carbons (Fsp3) is 0.467. The highest BCUT2D eigenvalue weighted by molar-refractivity contribution is 5.77. The maximum Gasteiger partial charge on any atom is 0.247 e. The molecule has 1 amide bonds. The Balaban J connectivity index is 2.92. The van der Waals surface area contributed by atoms with Crippen LogP contribution < -0.4 is 16.3 Å². The molecular formula is C15H24N4O2. The minimum absolute atomic E-state index is 0.141. The molecule has 0 aliphatic heterocycles. The Bertz CT molecular complexity index is 547. The highest BCUT2D eigenvalue weighted by Crippen LogP contribution is 2.01. The van der Waals surface area contributed by atoms with Crippen molar-refractivity contribution in [1.82, 2.24) is 15.4 Å². The van der Waals surface area contributed by atoms with Gasteiger partial charge in [-0.3, -0.25) is 15.0 Å². The first-order chi connectivity index (χ1) is 10.1. The molecule has 0 atom stereocenters. The van der Waals surface area contributed by atoms with E-state index >= 15 is 0 Å². The Morgan fingerprint density at radius 3 is 2.86 bits per heavy atom. The third-order valence-corrected chi connectivity index (χ3v) is 2.71. The molecule has 1 heterocycles. The van der Waals surface area contributed by atoms with Crippen molar-refractivity contribution < 1.29 is 10.0 Å². The molecule has 1 aromatic rings. The molecule has 1 aromatic heterocycles. The van der Waals surface area contributed by atoms with E-state index in [0.29, 0.717) is 12.6 Å². The van der Waals surface area contributed by atoms with E-state index in [2.05, 4.69) is 24.2 Å². The Hall–Kier alpha value is -1.92. The molecule has 0 saturated carbocycles. The molecular weight excluding hydrogens is 268 g/mol. The summed E-state index contributed by atoms with van der Waals surface area (Å²) < 4.78 is 2.02. The lowest BCUT2D eigenvalue weighted by Crippen LogP contribution is -2.27. The van der Waals surface area contributed by atoms with Gasteiger partial charge in [0, 0.05) is 19.2 Å². The van der Waals surface area contributed by atoms with Crippen molar-refractivity contribution in [2.75, 3.05) is 13.6 Å². The molecule has 3 N–H and O–H groups in total. The van der Waals surface area contributed by atoms with Crippen molar-refractivity contribution in [2.45, 2.75) is 26.9 Å². The summed E-state index contributed by atoms with van der Waals surface area (Å²) >= 11 is 0. The Morgan fingerprint density at radius 2 is 2.24 bits per heavy atom. The van der Waals surface area contributed by atoms with Gasteiger partial charge in [-0.1, -0.05) is 26.0 Å². The predicted molar refractivity (Wildman–Crippen MR) is 82.3 cm³/mol. The fourth-order valence-electron chi connectivity index (χ4n) is 1.72. The Morgan fingerprint density at radius 1 is 1.48 bits per heavy atom. The van der Waals surface area contributed by atoms with Crippen molar-refractivity contribution >= 4 is 12.0 Å². The summed E-state index contributed by atoms with van der Waals surface area (Å²) in [5, 5.41) is 11.5. The lowest BCUT2D eigenvalue weighted by molar-refractivity contribution is -0.128. The molecule has 0 unspecified atom stereocenters. The zero-order chi connectivity index (χ0) is 15.7. The minimum Gasteiger partial charge on any atom is -0.319 e. The number of carbonyl (C=O) groups is 1. The van der Waals surface area contributed by atoms with Gasteiger partial charge in [-0.15, -0.1) is 0 Å². The number of nitrogens with one attached hydrogen (secondary N) is 2. The molecule has 0 fully saturated rings. The third kappa shape index (κ3) is 6.37. The number of hydrogen-bond donors (Lipinski definition) is 3. The molecule has 116 valence electrons. The molecule has 0 aliphatic rings. The summed E-state index contributed by atoms with van der Waals surface area (Å²) in [7, 11) is 1.88. The number of hydroxylamine groups is 1. The van der Waals surface area contributed by atoms with Crippen LogP contribution in [0.15, 0.2) is 29.4 Å². The number of pyridine rings is 1. The summed E-state index contributed by atoms with van der Waals surface area (Å²) in [6.07, 6.45) is 5.66. The zero-order valence-corrected chi connectivity index (χ0v) is 12.8. The van der Waals surface area contributed by atoms with Gasteiger partial charge in [-0.25, -0.2) is 5.48 Å². The van der Waals surface area contributed by atoms with Crippen LogP contribution in [0.5, 0.6) is 0 Å². The van der Waals surface area contributed by atoms with Crippen LogP contribution in [0.3, 0.4) is 0 Å². The van der Waals surface area contributed by atoms with Crippen molar-refractivity contribution in [1.29, 1.82) is 0 Å². The Kier molecular flexibility index (Phi) is 7.42. The first kappa shape index (κ1) is 17.1. The monoisotopic (exact) mass is 292 g/mol. The van der Waals surface area contributed by atoms with Crippen LogP contribution in [0.2, 0.25) is 0 Å². The fourth-order valence-corrected chi connectivity index (χ4v) is 1.72. The van der Waals surface area contributed by atoms with E-state index < -0.39 is 5.91 Å². The molecule has 0 spiro atoms. The molecule has 6 nitrogen and oxygen atoms in total. The van der Waals surface area contributed by atoms with E-state index in [1.165, 1.54) is 0 Å². The van der Waals surface area contributed by atoms with Crippen molar-refractivity contribution in [2.24, 2.45) is 10.9 Å². The first-order valence-corrected chi connectivity index (χ1v) is 7.02. The highest BCUT2D eigenvalue weighted by atomic mass is 16.5. The lowest BCUT2D eigenvalue weighted by Gasteiger charge is -2.09. The second-order valence-corrected chi connectivity index (χ2v) is 5.18. The number of hydrogen-bond acceptors (Lipinski definition) is 4. The van der Waals surface area contributed by atoms with E-state index in [4.69, 9.17) is 5.21 Å². The second kappa shape index (κ2) is 9.10. The maximum atomic E-state index is 10.9. The molecule has 0 radical (unpaired) electrons. The van der Waals surface area contributed by atoms with E-state index in [-0.39, 0.29) is 6.42 Å². The minimum atomic E-state index is -0.432. The summed E-state index contributed by atoms with van der Waals surface area (Å²) in [6.45, 7) is 5.72. The van der Waals surface area contributed by atoms with Crippen LogP contribution in [0, 0.1) is 5.92 Å². The maximum absolute atomic E-state index is 10.9. The number of carbonyl (C=O) groups excluding carboxylic acids is 1. The quantitative estimate of drug-likeness (QED) is 0.521. The number of nitrogens with zero attached hydrogens (tertiary/aromatic N) is 2. The summed E-state index contributed by atoms with van der Waals surface area (Å²) in [5.74, 6) is 0.0857. The van der Waals surface area contributed by atoms with E-state index in [9.17, 15) is 4.79 Å². The van der Waals surface area contributed by atoms with Crippen LogP contribution in [0.1, 0.15) is 25.8 Å². The second-order valence-electron chi connectivity index (χ2n) is 5.18. The third-order valence-electron chi connectivity index (χ3n) is 2.71. The standard InChI is InChI=1S/C15H24N4O2/c1-12(2)9-17-14-8-7-13(10-19(14)11-16-3)5-4-6-15(20)18-21/h4-5,7-8,10,12,16,21H,6,9,11H2,1-3H3,(H,18,20)/b5-4+,17-14?. The molecule has 21 heavy (non-hydrogen) atoms.